The highest BCUT2D eigenvalue weighted by molar-refractivity contribution is 5.78. The number of benzene rings is 1. The van der Waals surface area contributed by atoms with Gasteiger partial charge in [-0.05, 0) is 51.5 Å². The minimum Gasteiger partial charge on any atom is -0.459 e. The zero-order valence-corrected chi connectivity index (χ0v) is 19.6. The lowest BCUT2D eigenvalue weighted by atomic mass is 9.89. The van der Waals surface area contributed by atoms with Gasteiger partial charge < -0.3 is 19.5 Å². The standard InChI is InChI=1S/C24H39NO5/c1-8-20(14-19-12-10-9-11-13-19)22(28-16-17(2)3)18(4)29-21(26)15-25-23(27)30-24(5,6)7/h9-13,17-18,20,22H,8,14-16H2,1-7H3,(H,25,27)/t18-,20+,22-/m0/s1. The molecule has 1 rings (SSSR count). The average molecular weight is 422 g/mol. The zero-order chi connectivity index (χ0) is 22.7. The van der Waals surface area contributed by atoms with Crippen molar-refractivity contribution in [2.75, 3.05) is 13.2 Å². The Balaban J connectivity index is 2.73. The summed E-state index contributed by atoms with van der Waals surface area (Å²) in [6.07, 6.45) is 0.428. The first-order valence-electron chi connectivity index (χ1n) is 10.8. The van der Waals surface area contributed by atoms with Crippen LogP contribution in [0.3, 0.4) is 0 Å². The maximum absolute atomic E-state index is 12.3. The van der Waals surface area contributed by atoms with E-state index in [0.717, 1.165) is 12.8 Å². The van der Waals surface area contributed by atoms with Gasteiger partial charge in [0.2, 0.25) is 0 Å². The Kier molecular flexibility index (Phi) is 10.9. The summed E-state index contributed by atoms with van der Waals surface area (Å²) >= 11 is 0. The highest BCUT2D eigenvalue weighted by atomic mass is 16.6. The van der Waals surface area contributed by atoms with E-state index in [2.05, 4.69) is 38.2 Å². The SMILES string of the molecule is CC[C@H](Cc1ccccc1)[C@@H](OCC(C)C)[C@H](C)OC(=O)CNC(=O)OC(C)(C)C. The fourth-order valence-corrected chi connectivity index (χ4v) is 3.14. The maximum Gasteiger partial charge on any atom is 0.408 e. The molecule has 0 aliphatic heterocycles. The Morgan fingerprint density at radius 2 is 1.70 bits per heavy atom. The smallest absolute Gasteiger partial charge is 0.408 e. The minimum absolute atomic E-state index is 0.202. The monoisotopic (exact) mass is 421 g/mol. The molecule has 3 atom stereocenters. The number of alkyl carbamates (subject to hydrolysis) is 1. The summed E-state index contributed by atoms with van der Waals surface area (Å²) in [7, 11) is 0. The third kappa shape index (κ3) is 10.6. The van der Waals surface area contributed by atoms with E-state index >= 15 is 0 Å². The van der Waals surface area contributed by atoms with E-state index in [1.165, 1.54) is 5.56 Å². The highest BCUT2D eigenvalue weighted by Gasteiger charge is 2.30. The number of ether oxygens (including phenoxy) is 3. The van der Waals surface area contributed by atoms with Crippen molar-refractivity contribution in [3.05, 3.63) is 35.9 Å². The molecule has 170 valence electrons. The van der Waals surface area contributed by atoms with Crippen LogP contribution in [-0.2, 0) is 25.4 Å². The van der Waals surface area contributed by atoms with Gasteiger partial charge in [0.15, 0.2) is 0 Å². The summed E-state index contributed by atoms with van der Waals surface area (Å²) < 4.78 is 17.0. The van der Waals surface area contributed by atoms with E-state index in [-0.39, 0.29) is 18.6 Å². The van der Waals surface area contributed by atoms with Crippen molar-refractivity contribution in [1.82, 2.24) is 5.32 Å². The molecule has 1 amide bonds. The number of rotatable bonds is 11. The van der Waals surface area contributed by atoms with Crippen LogP contribution >= 0.6 is 0 Å². The van der Waals surface area contributed by atoms with E-state index in [9.17, 15) is 9.59 Å². The lowest BCUT2D eigenvalue weighted by Gasteiger charge is -2.32. The predicted molar refractivity (Wildman–Crippen MR) is 118 cm³/mol. The van der Waals surface area contributed by atoms with Gasteiger partial charge in [0.25, 0.3) is 0 Å². The van der Waals surface area contributed by atoms with Gasteiger partial charge in [0.05, 0.1) is 6.10 Å². The number of nitrogens with one attached hydrogen (secondary N) is 1. The molecule has 1 aromatic carbocycles. The van der Waals surface area contributed by atoms with Crippen molar-refractivity contribution in [3.8, 4) is 0 Å². The first-order chi connectivity index (χ1) is 14.0. The lowest BCUT2D eigenvalue weighted by molar-refractivity contribution is -0.159. The van der Waals surface area contributed by atoms with Crippen LogP contribution in [0.4, 0.5) is 4.79 Å². The van der Waals surface area contributed by atoms with Gasteiger partial charge in [-0.2, -0.15) is 0 Å². The van der Waals surface area contributed by atoms with Crippen LogP contribution in [0.5, 0.6) is 0 Å². The van der Waals surface area contributed by atoms with Crippen molar-refractivity contribution in [2.45, 2.75) is 79.1 Å². The van der Waals surface area contributed by atoms with E-state index < -0.39 is 23.8 Å². The number of hydrogen-bond donors (Lipinski definition) is 1. The molecule has 0 saturated carbocycles. The fraction of sp³-hybridized carbons (Fsp3) is 0.667. The van der Waals surface area contributed by atoms with Gasteiger partial charge in [-0.1, -0.05) is 57.5 Å². The van der Waals surface area contributed by atoms with E-state index in [1.807, 2.05) is 25.1 Å². The Morgan fingerprint density at radius 1 is 1.07 bits per heavy atom. The molecule has 1 N–H and O–H groups in total. The summed E-state index contributed by atoms with van der Waals surface area (Å²) in [5, 5.41) is 2.44. The molecule has 1 aromatic rings. The van der Waals surface area contributed by atoms with E-state index in [0.29, 0.717) is 12.5 Å². The third-order valence-electron chi connectivity index (χ3n) is 4.51. The fourth-order valence-electron chi connectivity index (χ4n) is 3.14. The van der Waals surface area contributed by atoms with E-state index in [4.69, 9.17) is 14.2 Å². The molecular weight excluding hydrogens is 382 g/mol. The van der Waals surface area contributed by atoms with Crippen molar-refractivity contribution in [2.24, 2.45) is 11.8 Å². The molecule has 0 unspecified atom stereocenters. The van der Waals surface area contributed by atoms with Crippen LogP contribution < -0.4 is 5.32 Å². The number of hydrogen-bond acceptors (Lipinski definition) is 5. The Bertz CT molecular complexity index is 639. The number of carbonyl (C=O) groups excluding carboxylic acids is 2. The van der Waals surface area contributed by atoms with Gasteiger partial charge in [-0.3, -0.25) is 4.79 Å². The quantitative estimate of drug-likeness (QED) is 0.522. The molecule has 0 spiro atoms. The van der Waals surface area contributed by atoms with Gasteiger partial charge in [0, 0.05) is 6.61 Å². The summed E-state index contributed by atoms with van der Waals surface area (Å²) in [5.74, 6) is 0.0623. The molecule has 30 heavy (non-hydrogen) atoms. The van der Waals surface area contributed by atoms with E-state index in [1.54, 1.807) is 20.8 Å². The Morgan fingerprint density at radius 3 is 2.23 bits per heavy atom. The van der Waals surface area contributed by atoms with Gasteiger partial charge in [0.1, 0.15) is 18.2 Å². The van der Waals surface area contributed by atoms with Crippen molar-refractivity contribution in [3.63, 3.8) is 0 Å². The molecule has 0 saturated heterocycles. The summed E-state index contributed by atoms with van der Waals surface area (Å²) in [6.45, 7) is 13.8. The second kappa shape index (κ2) is 12.6. The number of carbonyl (C=O) groups is 2. The van der Waals surface area contributed by atoms with Crippen molar-refractivity contribution in [1.29, 1.82) is 0 Å². The molecule has 6 nitrogen and oxygen atoms in total. The van der Waals surface area contributed by atoms with Crippen LogP contribution in [0.25, 0.3) is 0 Å². The topological polar surface area (TPSA) is 73.9 Å². The third-order valence-corrected chi connectivity index (χ3v) is 4.51. The van der Waals surface area contributed by atoms with Crippen LogP contribution in [-0.4, -0.2) is 43.0 Å². The van der Waals surface area contributed by atoms with Crippen LogP contribution in [0.2, 0.25) is 0 Å². The molecular formula is C24H39NO5. The first-order valence-corrected chi connectivity index (χ1v) is 10.8. The molecule has 0 fully saturated rings. The lowest BCUT2D eigenvalue weighted by Crippen LogP contribution is -2.41. The Hall–Kier alpha value is -2.08. The molecule has 0 aliphatic rings. The van der Waals surface area contributed by atoms with Crippen LogP contribution in [0, 0.1) is 11.8 Å². The first kappa shape index (κ1) is 26.0. The minimum atomic E-state index is -0.643. The van der Waals surface area contributed by atoms with Gasteiger partial charge in [-0.25, -0.2) is 4.79 Å². The zero-order valence-electron chi connectivity index (χ0n) is 19.6. The second-order valence-electron chi connectivity index (χ2n) is 9.10. The van der Waals surface area contributed by atoms with Crippen LogP contribution in [0.15, 0.2) is 30.3 Å². The van der Waals surface area contributed by atoms with Crippen molar-refractivity contribution < 1.29 is 23.8 Å². The molecule has 6 heteroatoms. The van der Waals surface area contributed by atoms with Crippen molar-refractivity contribution >= 4 is 12.1 Å². The molecule has 0 bridgehead atoms. The maximum atomic E-state index is 12.3. The predicted octanol–water partition coefficient (Wildman–Crippen LogP) is 4.75. The molecule has 0 aromatic heterocycles. The number of amides is 1. The summed E-state index contributed by atoms with van der Waals surface area (Å²) in [4.78, 5) is 24.0. The Labute approximate surface area is 181 Å². The largest absolute Gasteiger partial charge is 0.459 e. The average Bonchev–Trinajstić information content (AvgIpc) is 2.64. The van der Waals surface area contributed by atoms with Crippen LogP contribution in [0.1, 0.15) is 60.5 Å². The molecule has 0 aliphatic carbocycles. The highest BCUT2D eigenvalue weighted by Crippen LogP contribution is 2.23. The summed E-state index contributed by atoms with van der Waals surface area (Å²) in [5.41, 5.74) is 0.607. The summed E-state index contributed by atoms with van der Waals surface area (Å²) in [6, 6.07) is 10.3. The molecule has 0 heterocycles. The van der Waals surface area contributed by atoms with Gasteiger partial charge in [-0.15, -0.1) is 0 Å². The normalized spacial score (nSPS) is 14.7. The van der Waals surface area contributed by atoms with Gasteiger partial charge >= 0.3 is 12.1 Å². The number of esters is 1. The second-order valence-corrected chi connectivity index (χ2v) is 9.10. The molecule has 0 radical (unpaired) electrons.